The molecule has 0 radical (unpaired) electrons. The first-order valence-corrected chi connectivity index (χ1v) is 7.82. The molecule has 0 aromatic heterocycles. The fourth-order valence-electron chi connectivity index (χ4n) is 2.84. The summed E-state index contributed by atoms with van der Waals surface area (Å²) in [5, 5.41) is 3.42. The predicted molar refractivity (Wildman–Crippen MR) is 79.3 cm³/mol. The molecule has 0 saturated carbocycles. The number of nitrogens with zero attached hydrogens (tertiary/aromatic N) is 2. The molecule has 2 aliphatic rings. The molecular weight excluding hydrogens is 238 g/mol. The summed E-state index contributed by atoms with van der Waals surface area (Å²) >= 11 is 0. The molecule has 4 heteroatoms. The topological polar surface area (TPSA) is 27.7 Å². The Balaban J connectivity index is 1.62. The first-order valence-electron chi connectivity index (χ1n) is 7.82. The van der Waals surface area contributed by atoms with Gasteiger partial charge in [0, 0.05) is 45.8 Å². The zero-order chi connectivity index (χ0) is 13.7. The number of hydrogen-bond donors (Lipinski definition) is 1. The lowest BCUT2D eigenvalue weighted by Gasteiger charge is -2.37. The number of rotatable bonds is 4. The smallest absolute Gasteiger partial charge is 0.0997 e. The van der Waals surface area contributed by atoms with Crippen LogP contribution in [0.3, 0.4) is 0 Å². The summed E-state index contributed by atoms with van der Waals surface area (Å²) < 4.78 is 5.86. The van der Waals surface area contributed by atoms with Crippen molar-refractivity contribution in [3.8, 4) is 0 Å². The summed E-state index contributed by atoms with van der Waals surface area (Å²) in [6.07, 6.45) is 2.66. The minimum Gasteiger partial charge on any atom is -0.360 e. The highest BCUT2D eigenvalue weighted by Gasteiger charge is 2.23. The average Bonchev–Trinajstić information content (AvgIpc) is 2.38. The minimum atomic E-state index is -0.0162. The van der Waals surface area contributed by atoms with E-state index in [9.17, 15) is 0 Å². The molecule has 1 N–H and O–H groups in total. The van der Waals surface area contributed by atoms with E-state index in [-0.39, 0.29) is 5.60 Å². The zero-order valence-electron chi connectivity index (χ0n) is 13.0. The third-order valence-corrected chi connectivity index (χ3v) is 4.11. The van der Waals surface area contributed by atoms with Gasteiger partial charge in [-0.2, -0.15) is 0 Å². The second kappa shape index (κ2) is 7.02. The highest BCUT2D eigenvalue weighted by Crippen LogP contribution is 2.19. The van der Waals surface area contributed by atoms with Crippen molar-refractivity contribution in [1.29, 1.82) is 0 Å². The molecule has 0 atom stereocenters. The van der Waals surface area contributed by atoms with Crippen molar-refractivity contribution in [2.24, 2.45) is 5.92 Å². The van der Waals surface area contributed by atoms with Gasteiger partial charge in [0.15, 0.2) is 0 Å². The highest BCUT2D eigenvalue weighted by atomic mass is 16.5. The molecule has 2 rings (SSSR count). The van der Waals surface area contributed by atoms with Gasteiger partial charge in [-0.05, 0) is 39.5 Å². The van der Waals surface area contributed by atoms with E-state index in [0.717, 1.165) is 25.7 Å². The van der Waals surface area contributed by atoms with Gasteiger partial charge in [-0.15, -0.1) is 0 Å². The van der Waals surface area contributed by atoms with Crippen LogP contribution in [0.15, 0.2) is 0 Å². The summed E-state index contributed by atoms with van der Waals surface area (Å²) in [4.78, 5) is 5.09. The summed E-state index contributed by atoms with van der Waals surface area (Å²) in [7, 11) is 0. The van der Waals surface area contributed by atoms with Crippen LogP contribution in [0.25, 0.3) is 0 Å². The SMILES string of the molecule is CC(C)(C)OCN1CCC(CN2CCNCC2)CC1. The number of ether oxygens (including phenoxy) is 1. The van der Waals surface area contributed by atoms with E-state index in [1.165, 1.54) is 45.6 Å². The van der Waals surface area contributed by atoms with Crippen LogP contribution in [0.4, 0.5) is 0 Å². The summed E-state index contributed by atoms with van der Waals surface area (Å²) in [5.74, 6) is 0.893. The Morgan fingerprint density at radius 3 is 2.21 bits per heavy atom. The Morgan fingerprint density at radius 1 is 1.00 bits per heavy atom. The lowest BCUT2D eigenvalue weighted by molar-refractivity contribution is -0.0720. The lowest BCUT2D eigenvalue weighted by atomic mass is 9.96. The monoisotopic (exact) mass is 269 g/mol. The maximum absolute atomic E-state index is 5.86. The van der Waals surface area contributed by atoms with Crippen molar-refractivity contribution in [2.45, 2.75) is 39.2 Å². The van der Waals surface area contributed by atoms with Gasteiger partial charge in [0.1, 0.15) is 0 Å². The molecule has 19 heavy (non-hydrogen) atoms. The van der Waals surface area contributed by atoms with Gasteiger partial charge in [-0.1, -0.05) is 0 Å². The van der Waals surface area contributed by atoms with Gasteiger partial charge in [-0.3, -0.25) is 4.90 Å². The van der Waals surface area contributed by atoms with E-state index in [1.807, 2.05) is 0 Å². The Labute approximate surface area is 118 Å². The molecule has 0 amide bonds. The molecule has 2 saturated heterocycles. The largest absolute Gasteiger partial charge is 0.360 e. The van der Waals surface area contributed by atoms with E-state index in [0.29, 0.717) is 0 Å². The molecule has 2 fully saturated rings. The predicted octanol–water partition coefficient (Wildman–Crippen LogP) is 1.38. The van der Waals surface area contributed by atoms with Gasteiger partial charge in [-0.25, -0.2) is 0 Å². The quantitative estimate of drug-likeness (QED) is 0.834. The van der Waals surface area contributed by atoms with Gasteiger partial charge >= 0.3 is 0 Å². The van der Waals surface area contributed by atoms with Crippen LogP contribution in [0.5, 0.6) is 0 Å². The van der Waals surface area contributed by atoms with Crippen molar-refractivity contribution in [3.63, 3.8) is 0 Å². The van der Waals surface area contributed by atoms with Gasteiger partial charge in [0.05, 0.1) is 12.3 Å². The Hall–Kier alpha value is -0.160. The number of nitrogens with one attached hydrogen (secondary N) is 1. The zero-order valence-corrected chi connectivity index (χ0v) is 13.0. The average molecular weight is 269 g/mol. The first-order chi connectivity index (χ1) is 9.03. The molecular formula is C15H31N3O. The highest BCUT2D eigenvalue weighted by molar-refractivity contribution is 4.77. The maximum Gasteiger partial charge on any atom is 0.0997 e. The molecule has 0 aromatic rings. The second-order valence-corrected chi connectivity index (χ2v) is 7.00. The Kier molecular flexibility index (Phi) is 5.63. The van der Waals surface area contributed by atoms with Gasteiger partial charge in [0.25, 0.3) is 0 Å². The van der Waals surface area contributed by atoms with Crippen molar-refractivity contribution >= 4 is 0 Å². The first kappa shape index (κ1) is 15.2. The van der Waals surface area contributed by atoms with E-state index >= 15 is 0 Å². The number of piperazine rings is 1. The molecule has 0 unspecified atom stereocenters. The van der Waals surface area contributed by atoms with Crippen molar-refractivity contribution < 1.29 is 4.74 Å². The van der Waals surface area contributed by atoms with E-state index in [1.54, 1.807) is 0 Å². The number of hydrogen-bond acceptors (Lipinski definition) is 4. The van der Waals surface area contributed by atoms with E-state index in [4.69, 9.17) is 4.74 Å². The Morgan fingerprint density at radius 2 is 1.63 bits per heavy atom. The minimum absolute atomic E-state index is 0.0162. The van der Waals surface area contributed by atoms with Crippen LogP contribution in [0, 0.1) is 5.92 Å². The molecule has 4 nitrogen and oxygen atoms in total. The maximum atomic E-state index is 5.86. The summed E-state index contributed by atoms with van der Waals surface area (Å²) in [6, 6.07) is 0. The molecule has 0 aliphatic carbocycles. The number of likely N-dealkylation sites (tertiary alicyclic amines) is 1. The normalized spacial score (nSPS) is 24.8. The molecule has 112 valence electrons. The van der Waals surface area contributed by atoms with Crippen LogP contribution >= 0.6 is 0 Å². The molecule has 0 aromatic carbocycles. The Bertz CT molecular complexity index is 251. The summed E-state index contributed by atoms with van der Waals surface area (Å²) in [5.41, 5.74) is -0.0162. The van der Waals surface area contributed by atoms with Gasteiger partial charge < -0.3 is 15.0 Å². The second-order valence-electron chi connectivity index (χ2n) is 7.00. The number of piperidine rings is 1. The van der Waals surface area contributed by atoms with Crippen LogP contribution in [-0.2, 0) is 4.74 Å². The fraction of sp³-hybridized carbons (Fsp3) is 1.00. The van der Waals surface area contributed by atoms with Crippen LogP contribution in [0.2, 0.25) is 0 Å². The molecule has 2 aliphatic heterocycles. The molecule has 0 spiro atoms. The van der Waals surface area contributed by atoms with Gasteiger partial charge in [0.2, 0.25) is 0 Å². The summed E-state index contributed by atoms with van der Waals surface area (Å²) in [6.45, 7) is 15.7. The molecule has 2 heterocycles. The fourth-order valence-corrected chi connectivity index (χ4v) is 2.84. The molecule has 0 bridgehead atoms. The van der Waals surface area contributed by atoms with Crippen LogP contribution < -0.4 is 5.32 Å². The van der Waals surface area contributed by atoms with E-state index in [2.05, 4.69) is 35.9 Å². The van der Waals surface area contributed by atoms with Crippen molar-refractivity contribution in [2.75, 3.05) is 52.5 Å². The third-order valence-electron chi connectivity index (χ3n) is 4.11. The third kappa shape index (κ3) is 5.78. The van der Waals surface area contributed by atoms with E-state index < -0.39 is 0 Å². The lowest BCUT2D eigenvalue weighted by Crippen LogP contribution is -2.47. The van der Waals surface area contributed by atoms with Crippen LogP contribution in [0.1, 0.15) is 33.6 Å². The van der Waals surface area contributed by atoms with Crippen molar-refractivity contribution in [3.05, 3.63) is 0 Å². The van der Waals surface area contributed by atoms with Crippen molar-refractivity contribution in [1.82, 2.24) is 15.1 Å². The standard InChI is InChI=1S/C15H31N3O/c1-15(2,3)19-13-18-8-4-14(5-9-18)12-17-10-6-16-7-11-17/h14,16H,4-13H2,1-3H3. The van der Waals surface area contributed by atoms with Crippen LogP contribution in [-0.4, -0.2) is 67.9 Å².